The summed E-state index contributed by atoms with van der Waals surface area (Å²) < 4.78 is 0. The molecule has 1 amide bonds. The molecule has 0 saturated heterocycles. The number of anilines is 2. The predicted molar refractivity (Wildman–Crippen MR) is 89.8 cm³/mol. The van der Waals surface area contributed by atoms with Crippen molar-refractivity contribution in [1.29, 1.82) is 0 Å². The number of hydrogen-bond donors (Lipinski definition) is 2. The van der Waals surface area contributed by atoms with E-state index in [0.29, 0.717) is 23.0 Å². The van der Waals surface area contributed by atoms with Crippen molar-refractivity contribution in [3.05, 3.63) is 47.7 Å². The smallest absolute Gasteiger partial charge is 0.276 e. The van der Waals surface area contributed by atoms with Crippen LogP contribution in [-0.4, -0.2) is 28.4 Å². The highest BCUT2D eigenvalue weighted by molar-refractivity contribution is 6.03. The van der Waals surface area contributed by atoms with Crippen LogP contribution in [0.4, 0.5) is 11.5 Å². The number of carbonyl (C=O) groups is 2. The Morgan fingerprint density at radius 3 is 2.52 bits per heavy atom. The first-order chi connectivity index (χ1) is 11.0. The molecule has 0 bridgehead atoms. The molecule has 0 radical (unpaired) electrons. The summed E-state index contributed by atoms with van der Waals surface area (Å²) in [6.07, 6.45) is 0. The van der Waals surface area contributed by atoms with Crippen LogP contribution in [0.25, 0.3) is 0 Å². The molecule has 2 rings (SSSR count). The third kappa shape index (κ3) is 4.88. The standard InChI is InChI=1S/C17H20N4O2/c1-11(2)10-18-16-8-7-15(20-21-16)17(23)19-14-6-4-5-13(9-14)12(3)22/h4-9,11H,10H2,1-3H3,(H,18,21)(H,19,23). The van der Waals surface area contributed by atoms with Gasteiger partial charge in [-0.1, -0.05) is 26.0 Å². The zero-order valence-corrected chi connectivity index (χ0v) is 13.5. The number of ketones is 1. The van der Waals surface area contributed by atoms with Crippen LogP contribution in [0.5, 0.6) is 0 Å². The minimum atomic E-state index is -0.367. The van der Waals surface area contributed by atoms with E-state index >= 15 is 0 Å². The first-order valence-electron chi connectivity index (χ1n) is 7.45. The van der Waals surface area contributed by atoms with Crippen LogP contribution in [0, 0.1) is 5.92 Å². The van der Waals surface area contributed by atoms with Crippen LogP contribution in [0.2, 0.25) is 0 Å². The van der Waals surface area contributed by atoms with Crippen molar-refractivity contribution in [2.24, 2.45) is 5.92 Å². The maximum Gasteiger partial charge on any atom is 0.276 e. The fourth-order valence-electron chi connectivity index (χ4n) is 1.87. The molecule has 0 saturated carbocycles. The number of benzene rings is 1. The minimum Gasteiger partial charge on any atom is -0.368 e. The Kier molecular flexibility index (Phi) is 5.41. The normalized spacial score (nSPS) is 10.4. The Balaban J connectivity index is 2.03. The van der Waals surface area contributed by atoms with Crippen molar-refractivity contribution in [2.45, 2.75) is 20.8 Å². The van der Waals surface area contributed by atoms with E-state index in [-0.39, 0.29) is 17.4 Å². The van der Waals surface area contributed by atoms with Gasteiger partial charge in [-0.05, 0) is 37.1 Å². The fraction of sp³-hybridized carbons (Fsp3) is 0.294. The number of rotatable bonds is 6. The molecule has 0 aliphatic rings. The van der Waals surface area contributed by atoms with Gasteiger partial charge in [-0.15, -0.1) is 10.2 Å². The van der Waals surface area contributed by atoms with Crippen molar-refractivity contribution in [3.8, 4) is 0 Å². The van der Waals surface area contributed by atoms with Crippen molar-refractivity contribution in [3.63, 3.8) is 0 Å². The summed E-state index contributed by atoms with van der Waals surface area (Å²) in [7, 11) is 0. The second kappa shape index (κ2) is 7.49. The highest BCUT2D eigenvalue weighted by atomic mass is 16.2. The van der Waals surface area contributed by atoms with Gasteiger partial charge >= 0.3 is 0 Å². The molecule has 0 atom stereocenters. The molecule has 1 heterocycles. The summed E-state index contributed by atoms with van der Waals surface area (Å²) in [5, 5.41) is 13.7. The van der Waals surface area contributed by atoms with E-state index in [2.05, 4.69) is 34.7 Å². The van der Waals surface area contributed by atoms with Crippen LogP contribution in [-0.2, 0) is 0 Å². The average molecular weight is 312 g/mol. The molecule has 0 aliphatic heterocycles. The van der Waals surface area contributed by atoms with Gasteiger partial charge in [0.15, 0.2) is 11.5 Å². The van der Waals surface area contributed by atoms with Crippen molar-refractivity contribution < 1.29 is 9.59 Å². The van der Waals surface area contributed by atoms with Crippen LogP contribution < -0.4 is 10.6 Å². The lowest BCUT2D eigenvalue weighted by Gasteiger charge is -2.08. The van der Waals surface area contributed by atoms with Gasteiger partial charge in [-0.2, -0.15) is 0 Å². The van der Waals surface area contributed by atoms with Gasteiger partial charge in [0.2, 0.25) is 0 Å². The minimum absolute atomic E-state index is 0.0542. The van der Waals surface area contributed by atoms with Crippen LogP contribution in [0.1, 0.15) is 41.6 Å². The van der Waals surface area contributed by atoms with E-state index < -0.39 is 0 Å². The molecule has 0 unspecified atom stereocenters. The molecule has 0 aliphatic carbocycles. The van der Waals surface area contributed by atoms with Gasteiger partial charge in [0, 0.05) is 17.8 Å². The summed E-state index contributed by atoms with van der Waals surface area (Å²) in [6, 6.07) is 10.1. The van der Waals surface area contributed by atoms with E-state index in [1.165, 1.54) is 6.92 Å². The summed E-state index contributed by atoms with van der Waals surface area (Å²) >= 11 is 0. The van der Waals surface area contributed by atoms with E-state index in [0.717, 1.165) is 6.54 Å². The fourth-order valence-corrected chi connectivity index (χ4v) is 1.87. The Hall–Kier alpha value is -2.76. The van der Waals surface area contributed by atoms with Gasteiger partial charge < -0.3 is 10.6 Å². The molecule has 6 nitrogen and oxygen atoms in total. The highest BCUT2D eigenvalue weighted by Crippen LogP contribution is 2.12. The van der Waals surface area contributed by atoms with Crippen LogP contribution >= 0.6 is 0 Å². The monoisotopic (exact) mass is 312 g/mol. The van der Waals surface area contributed by atoms with Crippen LogP contribution in [0.15, 0.2) is 36.4 Å². The van der Waals surface area contributed by atoms with E-state index in [9.17, 15) is 9.59 Å². The highest BCUT2D eigenvalue weighted by Gasteiger charge is 2.10. The second-order valence-corrected chi connectivity index (χ2v) is 5.67. The Morgan fingerprint density at radius 2 is 1.91 bits per heavy atom. The maximum absolute atomic E-state index is 12.2. The number of nitrogens with one attached hydrogen (secondary N) is 2. The summed E-state index contributed by atoms with van der Waals surface area (Å²) in [5.74, 6) is 0.706. The first kappa shape index (κ1) is 16.6. The number of aromatic nitrogens is 2. The third-order valence-corrected chi connectivity index (χ3v) is 3.12. The van der Waals surface area contributed by atoms with Crippen LogP contribution in [0.3, 0.4) is 0 Å². The molecule has 2 N–H and O–H groups in total. The summed E-state index contributed by atoms with van der Waals surface area (Å²) in [5.41, 5.74) is 1.31. The Morgan fingerprint density at radius 1 is 1.13 bits per heavy atom. The molecule has 120 valence electrons. The summed E-state index contributed by atoms with van der Waals surface area (Å²) in [6.45, 7) is 6.46. The van der Waals surface area contributed by atoms with E-state index in [1.54, 1.807) is 36.4 Å². The third-order valence-electron chi connectivity index (χ3n) is 3.12. The molecule has 1 aromatic heterocycles. The SMILES string of the molecule is CC(=O)c1cccc(NC(=O)c2ccc(NCC(C)C)nn2)c1. The predicted octanol–water partition coefficient (Wildman–Crippen LogP) is 3.00. The molecule has 0 fully saturated rings. The molecular weight excluding hydrogens is 292 g/mol. The van der Waals surface area contributed by atoms with E-state index in [4.69, 9.17) is 0 Å². The van der Waals surface area contributed by atoms with Gasteiger partial charge in [-0.3, -0.25) is 9.59 Å². The van der Waals surface area contributed by atoms with Crippen molar-refractivity contribution >= 4 is 23.2 Å². The first-order valence-corrected chi connectivity index (χ1v) is 7.45. The zero-order chi connectivity index (χ0) is 16.8. The number of carbonyl (C=O) groups excluding carboxylic acids is 2. The molecule has 0 spiro atoms. The quantitative estimate of drug-likeness (QED) is 0.801. The number of Topliss-reactive ketones (excluding diaryl/α,β-unsaturated/α-hetero) is 1. The molecule has 1 aromatic carbocycles. The molecular formula is C17H20N4O2. The van der Waals surface area contributed by atoms with Crippen molar-refractivity contribution in [1.82, 2.24) is 10.2 Å². The number of hydrogen-bond acceptors (Lipinski definition) is 5. The van der Waals surface area contributed by atoms with Gasteiger partial charge in [0.1, 0.15) is 5.82 Å². The zero-order valence-electron chi connectivity index (χ0n) is 13.5. The summed E-state index contributed by atoms with van der Waals surface area (Å²) in [4.78, 5) is 23.5. The Labute approximate surface area is 135 Å². The molecule has 2 aromatic rings. The second-order valence-electron chi connectivity index (χ2n) is 5.67. The average Bonchev–Trinajstić information content (AvgIpc) is 2.53. The lowest BCUT2D eigenvalue weighted by atomic mass is 10.1. The lowest BCUT2D eigenvalue weighted by Crippen LogP contribution is -2.16. The largest absolute Gasteiger partial charge is 0.368 e. The van der Waals surface area contributed by atoms with Gasteiger partial charge in [-0.25, -0.2) is 0 Å². The van der Waals surface area contributed by atoms with Crippen molar-refractivity contribution in [2.75, 3.05) is 17.2 Å². The number of amides is 1. The topological polar surface area (TPSA) is 84.0 Å². The Bertz CT molecular complexity index is 696. The lowest BCUT2D eigenvalue weighted by molar-refractivity contribution is 0.100. The van der Waals surface area contributed by atoms with Gasteiger partial charge in [0.25, 0.3) is 5.91 Å². The number of nitrogens with zero attached hydrogens (tertiary/aromatic N) is 2. The maximum atomic E-state index is 12.2. The molecule has 23 heavy (non-hydrogen) atoms. The molecule has 6 heteroatoms. The van der Waals surface area contributed by atoms with Gasteiger partial charge in [0.05, 0.1) is 0 Å². The van der Waals surface area contributed by atoms with E-state index in [1.807, 2.05) is 0 Å².